The Hall–Kier alpha value is -1.14. The zero-order chi connectivity index (χ0) is 14.4. The largest absolute Gasteiger partial charge is 0.379 e. The number of hydrogen-bond acceptors (Lipinski definition) is 4. The number of likely N-dealkylation sites (tertiary alicyclic amines) is 1. The van der Waals surface area contributed by atoms with Gasteiger partial charge in [-0.25, -0.2) is 0 Å². The number of rotatable bonds is 5. The third kappa shape index (κ3) is 3.93. The highest BCUT2D eigenvalue weighted by Crippen LogP contribution is 2.13. The second-order valence-corrected chi connectivity index (χ2v) is 5.52. The fourth-order valence-electron chi connectivity index (χ4n) is 2.82. The molecule has 0 radical (unpaired) electrons. The Labute approximate surface area is 120 Å². The van der Waals surface area contributed by atoms with Crippen molar-refractivity contribution < 1.29 is 14.3 Å². The van der Waals surface area contributed by atoms with E-state index in [-0.39, 0.29) is 23.8 Å². The van der Waals surface area contributed by atoms with Crippen molar-refractivity contribution in [3.05, 3.63) is 0 Å². The number of amides is 2. The molecule has 0 spiro atoms. The lowest BCUT2D eigenvalue weighted by Crippen LogP contribution is -2.44. The molecule has 2 amide bonds. The number of ether oxygens (including phenoxy) is 1. The van der Waals surface area contributed by atoms with Crippen LogP contribution in [0.5, 0.6) is 0 Å². The number of hydrogen-bond donors (Lipinski definition) is 2. The van der Waals surface area contributed by atoms with Crippen LogP contribution in [-0.4, -0.2) is 62.7 Å². The van der Waals surface area contributed by atoms with E-state index < -0.39 is 0 Å². The highest BCUT2D eigenvalue weighted by Gasteiger charge is 2.32. The third-order valence-corrected chi connectivity index (χ3v) is 4.13. The highest BCUT2D eigenvalue weighted by molar-refractivity contribution is 5.81. The van der Waals surface area contributed by atoms with Crippen molar-refractivity contribution in [1.82, 2.24) is 15.5 Å². The average Bonchev–Trinajstić information content (AvgIpc) is 2.96. The standard InChI is InChI=1S/C14H25N3O3/c1-15-12-10-20-9-11(12)14(19)16-6-5-13(18)17-7-3-2-4-8-17/h11-12,15H,2-10H2,1H3,(H,16,19). The van der Waals surface area contributed by atoms with Gasteiger partial charge >= 0.3 is 0 Å². The van der Waals surface area contributed by atoms with Gasteiger partial charge in [0.05, 0.1) is 19.1 Å². The van der Waals surface area contributed by atoms with Crippen molar-refractivity contribution in [3.8, 4) is 0 Å². The summed E-state index contributed by atoms with van der Waals surface area (Å²) in [7, 11) is 1.83. The zero-order valence-electron chi connectivity index (χ0n) is 12.2. The monoisotopic (exact) mass is 283 g/mol. The van der Waals surface area contributed by atoms with Crippen LogP contribution < -0.4 is 10.6 Å². The van der Waals surface area contributed by atoms with Crippen LogP contribution in [0.2, 0.25) is 0 Å². The number of nitrogens with one attached hydrogen (secondary N) is 2. The Morgan fingerprint density at radius 1 is 1.20 bits per heavy atom. The molecule has 2 aliphatic rings. The fourth-order valence-corrected chi connectivity index (χ4v) is 2.82. The van der Waals surface area contributed by atoms with Crippen LogP contribution in [0, 0.1) is 5.92 Å². The van der Waals surface area contributed by atoms with Gasteiger partial charge in [0, 0.05) is 32.1 Å². The molecule has 20 heavy (non-hydrogen) atoms. The molecule has 2 fully saturated rings. The van der Waals surface area contributed by atoms with E-state index in [9.17, 15) is 9.59 Å². The first kappa shape index (κ1) is 15.3. The second-order valence-electron chi connectivity index (χ2n) is 5.52. The van der Waals surface area contributed by atoms with Gasteiger partial charge in [0.2, 0.25) is 11.8 Å². The average molecular weight is 283 g/mol. The molecule has 0 aromatic rings. The Balaban J connectivity index is 1.67. The summed E-state index contributed by atoms with van der Waals surface area (Å²) in [6.07, 6.45) is 3.81. The molecule has 2 aliphatic heterocycles. The highest BCUT2D eigenvalue weighted by atomic mass is 16.5. The van der Waals surface area contributed by atoms with Crippen molar-refractivity contribution in [2.75, 3.05) is 39.9 Å². The van der Waals surface area contributed by atoms with Crippen molar-refractivity contribution in [2.24, 2.45) is 5.92 Å². The third-order valence-electron chi connectivity index (χ3n) is 4.13. The number of piperidine rings is 1. The first-order chi connectivity index (χ1) is 9.72. The van der Waals surface area contributed by atoms with Crippen LogP contribution in [0.4, 0.5) is 0 Å². The van der Waals surface area contributed by atoms with E-state index in [0.29, 0.717) is 26.2 Å². The Bertz CT molecular complexity index is 343. The quantitative estimate of drug-likeness (QED) is 0.729. The minimum atomic E-state index is -0.148. The normalized spacial score (nSPS) is 26.6. The first-order valence-electron chi connectivity index (χ1n) is 7.53. The number of likely N-dealkylation sites (N-methyl/N-ethyl adjacent to an activating group) is 1. The van der Waals surface area contributed by atoms with Gasteiger partial charge in [-0.2, -0.15) is 0 Å². The van der Waals surface area contributed by atoms with Gasteiger partial charge in [0.15, 0.2) is 0 Å². The van der Waals surface area contributed by atoms with Crippen LogP contribution in [-0.2, 0) is 14.3 Å². The molecule has 114 valence electrons. The van der Waals surface area contributed by atoms with Crippen molar-refractivity contribution in [1.29, 1.82) is 0 Å². The Morgan fingerprint density at radius 2 is 1.95 bits per heavy atom. The molecule has 0 saturated carbocycles. The second kappa shape index (κ2) is 7.59. The van der Waals surface area contributed by atoms with Crippen LogP contribution in [0.25, 0.3) is 0 Å². The van der Waals surface area contributed by atoms with Crippen molar-refractivity contribution >= 4 is 11.8 Å². The maximum absolute atomic E-state index is 12.0. The number of carbonyl (C=O) groups is 2. The SMILES string of the molecule is CNC1COCC1C(=O)NCCC(=O)N1CCCCC1. The van der Waals surface area contributed by atoms with E-state index in [1.165, 1.54) is 6.42 Å². The molecule has 2 atom stereocenters. The molecular weight excluding hydrogens is 258 g/mol. The van der Waals surface area contributed by atoms with Gasteiger partial charge < -0.3 is 20.3 Å². The van der Waals surface area contributed by atoms with Crippen LogP contribution >= 0.6 is 0 Å². The minimum absolute atomic E-state index is 0.0201. The lowest BCUT2D eigenvalue weighted by Gasteiger charge is -2.26. The van der Waals surface area contributed by atoms with Crippen molar-refractivity contribution in [2.45, 2.75) is 31.7 Å². The predicted molar refractivity (Wildman–Crippen MR) is 75.2 cm³/mol. The van der Waals surface area contributed by atoms with E-state index in [4.69, 9.17) is 4.74 Å². The summed E-state index contributed by atoms with van der Waals surface area (Å²) in [5.41, 5.74) is 0. The van der Waals surface area contributed by atoms with Crippen LogP contribution in [0.3, 0.4) is 0 Å². The molecular formula is C14H25N3O3. The molecule has 2 unspecified atom stereocenters. The molecule has 0 aromatic heterocycles. The fraction of sp³-hybridized carbons (Fsp3) is 0.857. The minimum Gasteiger partial charge on any atom is -0.379 e. The van der Waals surface area contributed by atoms with Crippen LogP contribution in [0.15, 0.2) is 0 Å². The smallest absolute Gasteiger partial charge is 0.227 e. The van der Waals surface area contributed by atoms with E-state index >= 15 is 0 Å². The molecule has 0 bridgehead atoms. The zero-order valence-corrected chi connectivity index (χ0v) is 12.2. The number of nitrogens with zero attached hydrogens (tertiary/aromatic N) is 1. The maximum Gasteiger partial charge on any atom is 0.227 e. The van der Waals surface area contributed by atoms with Gasteiger partial charge in [-0.05, 0) is 26.3 Å². The molecule has 0 aliphatic carbocycles. The van der Waals surface area contributed by atoms with Crippen LogP contribution in [0.1, 0.15) is 25.7 Å². The van der Waals surface area contributed by atoms with E-state index in [1.807, 2.05) is 11.9 Å². The lowest BCUT2D eigenvalue weighted by molar-refractivity contribution is -0.132. The molecule has 0 aromatic carbocycles. The summed E-state index contributed by atoms with van der Waals surface area (Å²) in [6, 6.07) is 0.0767. The van der Waals surface area contributed by atoms with Gasteiger partial charge in [-0.15, -0.1) is 0 Å². The van der Waals surface area contributed by atoms with Gasteiger partial charge in [0.1, 0.15) is 0 Å². The van der Waals surface area contributed by atoms with E-state index in [2.05, 4.69) is 10.6 Å². The molecule has 6 nitrogen and oxygen atoms in total. The lowest BCUT2D eigenvalue weighted by atomic mass is 10.0. The predicted octanol–water partition coefficient (Wildman–Crippen LogP) is -0.260. The summed E-state index contributed by atoms with van der Waals surface area (Å²) in [4.78, 5) is 25.9. The summed E-state index contributed by atoms with van der Waals surface area (Å²) in [6.45, 7) is 3.18. The van der Waals surface area contributed by atoms with Gasteiger partial charge in [-0.3, -0.25) is 9.59 Å². The molecule has 2 heterocycles. The summed E-state index contributed by atoms with van der Waals surface area (Å²) in [5.74, 6) is -0.0174. The molecule has 2 N–H and O–H groups in total. The maximum atomic E-state index is 12.0. The van der Waals surface area contributed by atoms with E-state index in [1.54, 1.807) is 0 Å². The van der Waals surface area contributed by atoms with E-state index in [0.717, 1.165) is 25.9 Å². The molecule has 2 saturated heterocycles. The Kier molecular flexibility index (Phi) is 5.79. The molecule has 6 heteroatoms. The summed E-state index contributed by atoms with van der Waals surface area (Å²) >= 11 is 0. The Morgan fingerprint density at radius 3 is 2.65 bits per heavy atom. The number of carbonyl (C=O) groups excluding carboxylic acids is 2. The molecule has 2 rings (SSSR count). The summed E-state index contributed by atoms with van der Waals surface area (Å²) in [5, 5.41) is 5.94. The van der Waals surface area contributed by atoms with Crippen molar-refractivity contribution in [3.63, 3.8) is 0 Å². The topological polar surface area (TPSA) is 70.7 Å². The first-order valence-corrected chi connectivity index (χ1v) is 7.53. The van der Waals surface area contributed by atoms with Gasteiger partial charge in [0.25, 0.3) is 0 Å². The van der Waals surface area contributed by atoms with Gasteiger partial charge in [-0.1, -0.05) is 0 Å². The summed E-state index contributed by atoms with van der Waals surface area (Å²) < 4.78 is 5.31.